The standard InChI is InChI=1S/C26H25N3O4S/c30-25(31)22-14-19(12-13-27-22)33-18-10-11-21-24(15-18)34-26(29-21)28-20-8-4-5-9-23(20)32-16-17-6-2-1-3-7-17/h1-3,6-7,10-15,20,23H,4-5,8-9,16H2,(H,28,29)(H,30,31)/t20-,23-/m1/s1. The van der Waals surface area contributed by atoms with Crippen molar-refractivity contribution in [2.75, 3.05) is 5.32 Å². The number of fused-ring (bicyclic) bond motifs is 1. The first-order valence-corrected chi connectivity index (χ1v) is 12.2. The molecule has 174 valence electrons. The van der Waals surface area contributed by atoms with Crippen LogP contribution in [0.3, 0.4) is 0 Å². The molecule has 5 rings (SSSR count). The maximum absolute atomic E-state index is 11.1. The fourth-order valence-electron chi connectivity index (χ4n) is 4.16. The second-order valence-electron chi connectivity index (χ2n) is 8.30. The molecular weight excluding hydrogens is 450 g/mol. The van der Waals surface area contributed by atoms with Gasteiger partial charge >= 0.3 is 5.97 Å². The van der Waals surface area contributed by atoms with Gasteiger partial charge < -0.3 is 19.9 Å². The summed E-state index contributed by atoms with van der Waals surface area (Å²) < 4.78 is 13.1. The molecule has 2 N–H and O–H groups in total. The number of anilines is 1. The summed E-state index contributed by atoms with van der Waals surface area (Å²) >= 11 is 1.58. The molecule has 2 aromatic heterocycles. The molecule has 1 saturated carbocycles. The van der Waals surface area contributed by atoms with E-state index in [-0.39, 0.29) is 17.8 Å². The summed E-state index contributed by atoms with van der Waals surface area (Å²) in [4.78, 5) is 19.7. The molecule has 1 aliphatic rings. The summed E-state index contributed by atoms with van der Waals surface area (Å²) in [6, 6.07) is 19.2. The summed E-state index contributed by atoms with van der Waals surface area (Å²) in [6.45, 7) is 0.614. The number of carbonyl (C=O) groups is 1. The lowest BCUT2D eigenvalue weighted by Crippen LogP contribution is -2.38. The Morgan fingerprint density at radius 1 is 1.06 bits per heavy atom. The van der Waals surface area contributed by atoms with Gasteiger partial charge in [-0.05, 0) is 36.6 Å². The van der Waals surface area contributed by atoms with Crippen LogP contribution in [0.25, 0.3) is 10.2 Å². The molecule has 4 aromatic rings. The van der Waals surface area contributed by atoms with Crippen molar-refractivity contribution in [2.24, 2.45) is 0 Å². The highest BCUT2D eigenvalue weighted by atomic mass is 32.1. The van der Waals surface area contributed by atoms with Crippen molar-refractivity contribution in [1.82, 2.24) is 9.97 Å². The highest BCUT2D eigenvalue weighted by Gasteiger charge is 2.26. The van der Waals surface area contributed by atoms with Crippen LogP contribution in [0, 0.1) is 0 Å². The summed E-state index contributed by atoms with van der Waals surface area (Å²) in [5.74, 6) is -0.0463. The van der Waals surface area contributed by atoms with E-state index in [0.717, 1.165) is 28.2 Å². The zero-order chi connectivity index (χ0) is 23.3. The number of thiazole rings is 1. The van der Waals surface area contributed by atoms with E-state index in [0.29, 0.717) is 18.1 Å². The van der Waals surface area contributed by atoms with Crippen LogP contribution in [0.5, 0.6) is 11.5 Å². The molecule has 34 heavy (non-hydrogen) atoms. The van der Waals surface area contributed by atoms with Crippen molar-refractivity contribution in [1.29, 1.82) is 0 Å². The summed E-state index contributed by atoms with van der Waals surface area (Å²) in [5, 5.41) is 13.6. The fourth-order valence-corrected chi connectivity index (χ4v) is 5.11. The van der Waals surface area contributed by atoms with E-state index < -0.39 is 5.97 Å². The Bertz CT molecular complexity index is 1280. The molecule has 0 unspecified atom stereocenters. The average molecular weight is 476 g/mol. The number of ether oxygens (including phenoxy) is 2. The predicted octanol–water partition coefficient (Wildman–Crippen LogP) is 6.12. The Balaban J connectivity index is 1.27. The third-order valence-electron chi connectivity index (χ3n) is 5.86. The number of pyridine rings is 1. The van der Waals surface area contributed by atoms with E-state index >= 15 is 0 Å². The van der Waals surface area contributed by atoms with Gasteiger partial charge in [0.2, 0.25) is 0 Å². The zero-order valence-corrected chi connectivity index (χ0v) is 19.3. The van der Waals surface area contributed by atoms with Crippen LogP contribution >= 0.6 is 11.3 Å². The number of rotatable bonds is 8. The lowest BCUT2D eigenvalue weighted by Gasteiger charge is -2.32. The van der Waals surface area contributed by atoms with Crippen LogP contribution in [-0.2, 0) is 11.3 Å². The first kappa shape index (κ1) is 22.3. The fraction of sp³-hybridized carbons (Fsp3) is 0.269. The minimum absolute atomic E-state index is 0.0561. The molecule has 0 radical (unpaired) electrons. The van der Waals surface area contributed by atoms with Crippen LogP contribution in [0.2, 0.25) is 0 Å². The number of nitrogens with one attached hydrogen (secondary N) is 1. The molecule has 0 spiro atoms. The monoisotopic (exact) mass is 475 g/mol. The Kier molecular flexibility index (Phi) is 6.69. The van der Waals surface area contributed by atoms with Crippen LogP contribution in [0.15, 0.2) is 66.9 Å². The van der Waals surface area contributed by atoms with Crippen LogP contribution in [-0.4, -0.2) is 33.2 Å². The molecule has 0 amide bonds. The van der Waals surface area contributed by atoms with Crippen LogP contribution in [0.4, 0.5) is 5.13 Å². The minimum atomic E-state index is -1.09. The van der Waals surface area contributed by atoms with E-state index in [2.05, 4.69) is 22.4 Å². The van der Waals surface area contributed by atoms with Gasteiger partial charge in [0, 0.05) is 18.3 Å². The number of nitrogens with zero attached hydrogens (tertiary/aromatic N) is 2. The summed E-state index contributed by atoms with van der Waals surface area (Å²) in [7, 11) is 0. The quantitative estimate of drug-likeness (QED) is 0.317. The largest absolute Gasteiger partial charge is 0.477 e. The summed E-state index contributed by atoms with van der Waals surface area (Å²) in [5.41, 5.74) is 2.02. The third-order valence-corrected chi connectivity index (χ3v) is 6.81. The van der Waals surface area contributed by atoms with E-state index in [1.54, 1.807) is 17.4 Å². The van der Waals surface area contributed by atoms with Crippen LogP contribution in [0.1, 0.15) is 41.7 Å². The average Bonchev–Trinajstić information content (AvgIpc) is 3.26. The minimum Gasteiger partial charge on any atom is -0.477 e. The molecule has 0 bridgehead atoms. The van der Waals surface area contributed by atoms with Crippen molar-refractivity contribution in [3.8, 4) is 11.5 Å². The molecule has 1 fully saturated rings. The molecule has 2 atom stereocenters. The number of carboxylic acids is 1. The normalized spacial score (nSPS) is 18.0. The van der Waals surface area contributed by atoms with Gasteiger partial charge in [0.05, 0.1) is 29.0 Å². The van der Waals surface area contributed by atoms with Crippen molar-refractivity contribution in [2.45, 2.75) is 44.4 Å². The third kappa shape index (κ3) is 5.35. The van der Waals surface area contributed by atoms with Gasteiger partial charge in [-0.25, -0.2) is 14.8 Å². The maximum atomic E-state index is 11.1. The van der Waals surface area contributed by atoms with Gasteiger partial charge in [-0.3, -0.25) is 0 Å². The second kappa shape index (κ2) is 10.2. The molecule has 0 aliphatic heterocycles. The van der Waals surface area contributed by atoms with E-state index in [9.17, 15) is 4.79 Å². The molecule has 1 aliphatic carbocycles. The topological polar surface area (TPSA) is 93.6 Å². The first-order chi connectivity index (χ1) is 16.6. The number of benzene rings is 2. The lowest BCUT2D eigenvalue weighted by molar-refractivity contribution is 0.00884. The van der Waals surface area contributed by atoms with Crippen molar-refractivity contribution >= 4 is 32.7 Å². The number of aromatic carboxylic acids is 1. The van der Waals surface area contributed by atoms with Gasteiger partial charge in [0.1, 0.15) is 11.5 Å². The van der Waals surface area contributed by atoms with E-state index in [1.807, 2.05) is 36.4 Å². The lowest BCUT2D eigenvalue weighted by atomic mass is 9.92. The smallest absolute Gasteiger partial charge is 0.354 e. The van der Waals surface area contributed by atoms with E-state index in [1.165, 1.54) is 30.7 Å². The number of hydrogen-bond donors (Lipinski definition) is 2. The summed E-state index contributed by atoms with van der Waals surface area (Å²) in [6.07, 6.45) is 6.02. The molecule has 7 nitrogen and oxygen atoms in total. The Morgan fingerprint density at radius 2 is 1.88 bits per heavy atom. The van der Waals surface area contributed by atoms with Gasteiger partial charge in [-0.2, -0.15) is 0 Å². The van der Waals surface area contributed by atoms with Crippen molar-refractivity contribution in [3.05, 3.63) is 78.1 Å². The van der Waals surface area contributed by atoms with Gasteiger partial charge in [0.25, 0.3) is 0 Å². The highest BCUT2D eigenvalue weighted by molar-refractivity contribution is 7.22. The molecule has 8 heteroatoms. The number of hydrogen-bond acceptors (Lipinski definition) is 7. The number of carboxylic acid groups (broad SMARTS) is 1. The molecule has 0 saturated heterocycles. The van der Waals surface area contributed by atoms with Gasteiger partial charge in [0.15, 0.2) is 10.8 Å². The zero-order valence-electron chi connectivity index (χ0n) is 18.5. The Hall–Kier alpha value is -3.49. The maximum Gasteiger partial charge on any atom is 0.354 e. The Labute approximate surface area is 201 Å². The Morgan fingerprint density at radius 3 is 2.74 bits per heavy atom. The van der Waals surface area contributed by atoms with Gasteiger partial charge in [-0.1, -0.05) is 54.5 Å². The predicted molar refractivity (Wildman–Crippen MR) is 132 cm³/mol. The van der Waals surface area contributed by atoms with Crippen LogP contribution < -0.4 is 10.1 Å². The number of aromatic nitrogens is 2. The van der Waals surface area contributed by atoms with E-state index in [4.69, 9.17) is 19.6 Å². The highest BCUT2D eigenvalue weighted by Crippen LogP contribution is 2.33. The van der Waals surface area contributed by atoms with Crippen molar-refractivity contribution in [3.63, 3.8) is 0 Å². The van der Waals surface area contributed by atoms with Crippen molar-refractivity contribution < 1.29 is 19.4 Å². The molecular formula is C26H25N3O4S. The second-order valence-corrected chi connectivity index (χ2v) is 9.33. The SMILES string of the molecule is O=C(O)c1cc(Oc2ccc3nc(N[C@@H]4CCCC[C@H]4OCc4ccccc4)sc3c2)ccn1. The molecule has 2 heterocycles. The molecule has 2 aromatic carbocycles. The first-order valence-electron chi connectivity index (χ1n) is 11.3. The van der Waals surface area contributed by atoms with Gasteiger partial charge in [-0.15, -0.1) is 0 Å².